The quantitative estimate of drug-likeness (QED) is 0.678. The van der Waals surface area contributed by atoms with Gasteiger partial charge in [0, 0.05) is 12.6 Å². The van der Waals surface area contributed by atoms with Crippen molar-refractivity contribution in [1.29, 1.82) is 0 Å². The van der Waals surface area contributed by atoms with Gasteiger partial charge in [-0.2, -0.15) is 0 Å². The van der Waals surface area contributed by atoms with Crippen molar-refractivity contribution in [3.63, 3.8) is 0 Å². The van der Waals surface area contributed by atoms with Gasteiger partial charge < -0.3 is 24.8 Å². The van der Waals surface area contributed by atoms with Crippen molar-refractivity contribution in [2.24, 2.45) is 11.8 Å². The van der Waals surface area contributed by atoms with Crippen molar-refractivity contribution in [2.75, 3.05) is 33.2 Å². The molecule has 1 aliphatic carbocycles. The van der Waals surface area contributed by atoms with Crippen molar-refractivity contribution in [1.82, 2.24) is 5.32 Å². The van der Waals surface area contributed by atoms with Crippen LogP contribution in [0.4, 0.5) is 5.69 Å². The molecule has 0 bridgehead atoms. The summed E-state index contributed by atoms with van der Waals surface area (Å²) in [6, 6.07) is 12.9. The number of amides is 2. The minimum Gasteiger partial charge on any atom is -0.497 e. The van der Waals surface area contributed by atoms with Gasteiger partial charge in [0.05, 0.1) is 38.9 Å². The van der Waals surface area contributed by atoms with Crippen LogP contribution >= 0.6 is 0 Å². The van der Waals surface area contributed by atoms with E-state index < -0.39 is 0 Å². The van der Waals surface area contributed by atoms with E-state index in [1.165, 1.54) is 7.11 Å². The van der Waals surface area contributed by atoms with Crippen LogP contribution < -0.4 is 24.8 Å². The van der Waals surface area contributed by atoms with E-state index in [9.17, 15) is 9.59 Å². The molecule has 2 aromatic carbocycles. The third kappa shape index (κ3) is 5.19. The van der Waals surface area contributed by atoms with E-state index in [4.69, 9.17) is 14.2 Å². The van der Waals surface area contributed by atoms with E-state index in [0.29, 0.717) is 36.6 Å². The predicted octanol–water partition coefficient (Wildman–Crippen LogP) is 2.65. The molecule has 2 unspecified atom stereocenters. The van der Waals surface area contributed by atoms with Crippen LogP contribution in [-0.2, 0) is 16.0 Å². The topological polar surface area (TPSA) is 85.9 Å². The summed E-state index contributed by atoms with van der Waals surface area (Å²) in [5.74, 6) is 1.04. The lowest BCUT2D eigenvalue weighted by atomic mass is 10.1. The van der Waals surface area contributed by atoms with Gasteiger partial charge in [0.15, 0.2) is 0 Å². The molecule has 7 nitrogen and oxygen atoms in total. The fourth-order valence-corrected chi connectivity index (χ4v) is 3.20. The molecule has 0 radical (unpaired) electrons. The number of ether oxygens (including phenoxy) is 3. The number of hydrogen-bond acceptors (Lipinski definition) is 5. The SMILES string of the molecule is COc1cccc(CCNC(=O)C2CC2C(=O)Nc2cc(OC)ccc2OC)c1. The second-order valence-corrected chi connectivity index (χ2v) is 6.90. The Hall–Kier alpha value is -3.22. The normalized spacial score (nSPS) is 17.2. The Morgan fingerprint density at radius 2 is 1.66 bits per heavy atom. The molecule has 0 heterocycles. The number of methoxy groups -OCH3 is 3. The molecule has 1 saturated carbocycles. The molecule has 1 aliphatic rings. The first-order valence-electron chi connectivity index (χ1n) is 9.49. The molecule has 0 saturated heterocycles. The number of nitrogens with one attached hydrogen (secondary N) is 2. The summed E-state index contributed by atoms with van der Waals surface area (Å²) in [6.45, 7) is 0.514. The fraction of sp³-hybridized carbons (Fsp3) is 0.364. The van der Waals surface area contributed by atoms with E-state index >= 15 is 0 Å². The molecule has 1 fully saturated rings. The van der Waals surface area contributed by atoms with Gasteiger partial charge in [-0.1, -0.05) is 12.1 Å². The maximum Gasteiger partial charge on any atom is 0.228 e. The molecule has 0 aromatic heterocycles. The highest BCUT2D eigenvalue weighted by atomic mass is 16.5. The second kappa shape index (κ2) is 9.32. The maximum absolute atomic E-state index is 12.5. The molecule has 2 N–H and O–H groups in total. The highest BCUT2D eigenvalue weighted by Crippen LogP contribution is 2.40. The molecule has 7 heteroatoms. The molecule has 0 spiro atoms. The summed E-state index contributed by atoms with van der Waals surface area (Å²) >= 11 is 0. The number of hydrogen-bond donors (Lipinski definition) is 2. The zero-order valence-electron chi connectivity index (χ0n) is 16.9. The number of carbonyl (C=O) groups excluding carboxylic acids is 2. The summed E-state index contributed by atoms with van der Waals surface area (Å²) < 4.78 is 15.7. The Bertz CT molecular complexity index is 883. The first-order chi connectivity index (χ1) is 14.0. The first kappa shape index (κ1) is 20.5. The van der Waals surface area contributed by atoms with Gasteiger partial charge in [0.2, 0.25) is 11.8 Å². The Morgan fingerprint density at radius 1 is 0.931 bits per heavy atom. The van der Waals surface area contributed by atoms with Crippen molar-refractivity contribution in [3.05, 3.63) is 48.0 Å². The Labute approximate surface area is 170 Å². The van der Waals surface area contributed by atoms with E-state index in [-0.39, 0.29) is 23.7 Å². The molecule has 154 valence electrons. The third-order valence-electron chi connectivity index (χ3n) is 4.98. The molecule has 2 amide bonds. The lowest BCUT2D eigenvalue weighted by Gasteiger charge is -2.12. The average molecular weight is 398 g/mol. The van der Waals surface area contributed by atoms with E-state index in [0.717, 1.165) is 11.3 Å². The average Bonchev–Trinajstić information content (AvgIpc) is 3.55. The van der Waals surface area contributed by atoms with Gasteiger partial charge >= 0.3 is 0 Å². The van der Waals surface area contributed by atoms with Gasteiger partial charge in [-0.25, -0.2) is 0 Å². The summed E-state index contributed by atoms with van der Waals surface area (Å²) in [6.07, 6.45) is 1.25. The van der Waals surface area contributed by atoms with Gasteiger partial charge in [-0.15, -0.1) is 0 Å². The highest BCUT2D eigenvalue weighted by Gasteiger charge is 2.48. The molecule has 3 rings (SSSR count). The summed E-state index contributed by atoms with van der Waals surface area (Å²) in [7, 11) is 4.72. The summed E-state index contributed by atoms with van der Waals surface area (Å²) in [5, 5.41) is 5.76. The monoisotopic (exact) mass is 398 g/mol. The molecule has 2 aromatic rings. The van der Waals surface area contributed by atoms with Crippen LogP contribution in [0.3, 0.4) is 0 Å². The van der Waals surface area contributed by atoms with Gasteiger partial charge in [-0.3, -0.25) is 9.59 Å². The number of rotatable bonds is 9. The van der Waals surface area contributed by atoms with E-state index in [1.807, 2.05) is 24.3 Å². The molecule has 29 heavy (non-hydrogen) atoms. The molecular weight excluding hydrogens is 372 g/mol. The largest absolute Gasteiger partial charge is 0.497 e. The fourth-order valence-electron chi connectivity index (χ4n) is 3.20. The lowest BCUT2D eigenvalue weighted by molar-refractivity contribution is -0.125. The predicted molar refractivity (Wildman–Crippen MR) is 109 cm³/mol. The summed E-state index contributed by atoms with van der Waals surface area (Å²) in [4.78, 5) is 24.9. The van der Waals surface area contributed by atoms with Crippen molar-refractivity contribution in [2.45, 2.75) is 12.8 Å². The van der Waals surface area contributed by atoms with Crippen molar-refractivity contribution in [3.8, 4) is 17.2 Å². The smallest absolute Gasteiger partial charge is 0.228 e. The Balaban J connectivity index is 1.48. The summed E-state index contributed by atoms with van der Waals surface area (Å²) in [5.41, 5.74) is 1.61. The van der Waals surface area contributed by atoms with Crippen molar-refractivity contribution < 1.29 is 23.8 Å². The second-order valence-electron chi connectivity index (χ2n) is 6.90. The Kier molecular flexibility index (Phi) is 6.59. The van der Waals surface area contributed by atoms with Crippen LogP contribution in [0.25, 0.3) is 0 Å². The minimum absolute atomic E-state index is 0.0920. The van der Waals surface area contributed by atoms with Crippen LogP contribution in [0.15, 0.2) is 42.5 Å². The standard InChI is InChI=1S/C22H26N2O5/c1-27-15-6-4-5-14(11-15)9-10-23-21(25)17-13-18(17)22(26)24-19-12-16(28-2)7-8-20(19)29-3/h4-8,11-12,17-18H,9-10,13H2,1-3H3,(H,23,25)(H,24,26). The van der Waals surface area contributed by atoms with Crippen LogP contribution in [0.1, 0.15) is 12.0 Å². The van der Waals surface area contributed by atoms with Crippen LogP contribution in [0, 0.1) is 11.8 Å². The van der Waals surface area contributed by atoms with E-state index in [1.54, 1.807) is 32.4 Å². The number of carbonyl (C=O) groups is 2. The Morgan fingerprint density at radius 3 is 2.38 bits per heavy atom. The zero-order valence-corrected chi connectivity index (χ0v) is 16.9. The highest BCUT2D eigenvalue weighted by molar-refractivity contribution is 6.00. The zero-order chi connectivity index (χ0) is 20.8. The minimum atomic E-state index is -0.331. The van der Waals surface area contributed by atoms with Crippen LogP contribution in [-0.4, -0.2) is 39.7 Å². The number of anilines is 1. The van der Waals surface area contributed by atoms with Gasteiger partial charge in [-0.05, 0) is 42.7 Å². The maximum atomic E-state index is 12.5. The van der Waals surface area contributed by atoms with Crippen LogP contribution in [0.5, 0.6) is 17.2 Å². The lowest BCUT2D eigenvalue weighted by Crippen LogP contribution is -2.29. The molecule has 2 atom stereocenters. The third-order valence-corrected chi connectivity index (χ3v) is 4.98. The first-order valence-corrected chi connectivity index (χ1v) is 9.49. The van der Waals surface area contributed by atoms with E-state index in [2.05, 4.69) is 10.6 Å². The van der Waals surface area contributed by atoms with Gasteiger partial charge in [0.25, 0.3) is 0 Å². The van der Waals surface area contributed by atoms with Crippen LogP contribution in [0.2, 0.25) is 0 Å². The number of benzene rings is 2. The molecular formula is C22H26N2O5. The molecule has 0 aliphatic heterocycles. The van der Waals surface area contributed by atoms with Crippen molar-refractivity contribution >= 4 is 17.5 Å². The van der Waals surface area contributed by atoms with Gasteiger partial charge in [0.1, 0.15) is 17.2 Å².